The summed E-state index contributed by atoms with van der Waals surface area (Å²) in [5, 5.41) is 14.4. The second kappa shape index (κ2) is 14.5. The van der Waals surface area contributed by atoms with Gasteiger partial charge in [-0.25, -0.2) is 9.48 Å². The van der Waals surface area contributed by atoms with Crippen LogP contribution < -0.4 is 9.61 Å². The number of benzene rings is 3. The Morgan fingerprint density at radius 2 is 1.79 bits per heavy atom. The highest BCUT2D eigenvalue weighted by Crippen LogP contribution is 2.45. The zero-order valence-corrected chi connectivity index (χ0v) is 28.1. The quantitative estimate of drug-likeness (QED) is 0.131. The van der Waals surface area contributed by atoms with Crippen molar-refractivity contribution in [2.45, 2.75) is 52.4 Å². The van der Waals surface area contributed by atoms with E-state index in [-0.39, 0.29) is 60.7 Å². The molecule has 1 unspecified atom stereocenters. The Morgan fingerprint density at radius 3 is 2.48 bits per heavy atom. The van der Waals surface area contributed by atoms with Gasteiger partial charge in [-0.3, -0.25) is 23.9 Å². The first kappa shape index (κ1) is 34.5. The van der Waals surface area contributed by atoms with Crippen molar-refractivity contribution < 1.29 is 37.7 Å². The van der Waals surface area contributed by atoms with Crippen LogP contribution in [0.4, 0.5) is 4.39 Å². The number of nitrogens with zero attached hydrogens (tertiary/aromatic N) is 3. The lowest BCUT2D eigenvalue weighted by Crippen LogP contribution is -2.37. The van der Waals surface area contributed by atoms with E-state index in [1.165, 1.54) is 28.1 Å². The van der Waals surface area contributed by atoms with Gasteiger partial charge >= 0.3 is 13.5 Å². The Kier molecular flexibility index (Phi) is 10.5. The molecule has 0 saturated carbocycles. The van der Waals surface area contributed by atoms with E-state index in [2.05, 4.69) is 10.1 Å². The lowest BCUT2D eigenvalue weighted by Gasteiger charge is -2.25. The molecule has 0 aliphatic carbocycles. The van der Waals surface area contributed by atoms with E-state index in [0.717, 1.165) is 0 Å². The number of hydrogen-bond donors (Lipinski definition) is 2. The number of ether oxygens (including phenoxy) is 1. The number of pyridine rings is 1. The van der Waals surface area contributed by atoms with Crippen molar-refractivity contribution in [3.8, 4) is 11.5 Å². The molecule has 1 aromatic heterocycles. The van der Waals surface area contributed by atoms with Crippen LogP contribution in [0.15, 0.2) is 72.9 Å². The maximum Gasteiger partial charge on any atom is 0.323 e. The summed E-state index contributed by atoms with van der Waals surface area (Å²) in [5.41, 5.74) is 1.42. The van der Waals surface area contributed by atoms with Gasteiger partial charge in [0.05, 0.1) is 23.4 Å². The van der Waals surface area contributed by atoms with Crippen LogP contribution in [-0.4, -0.2) is 69.6 Å². The Bertz CT molecular complexity index is 1870. The molecule has 1 aliphatic heterocycles. The van der Waals surface area contributed by atoms with Gasteiger partial charge in [-0.1, -0.05) is 36.4 Å². The summed E-state index contributed by atoms with van der Waals surface area (Å²) in [4.78, 5) is 47.4. The number of esters is 1. The monoisotopic (exact) mass is 676 g/mol. The lowest BCUT2D eigenvalue weighted by molar-refractivity contribution is -0.149. The minimum atomic E-state index is -3.67. The number of amides is 2. The summed E-state index contributed by atoms with van der Waals surface area (Å²) in [5.74, 6) is -1.80. The minimum absolute atomic E-state index is 0.00675. The predicted octanol–water partition coefficient (Wildman–Crippen LogP) is 5.90. The summed E-state index contributed by atoms with van der Waals surface area (Å²) >= 11 is 0. The molecule has 0 saturated heterocycles. The third-order valence-corrected chi connectivity index (χ3v) is 10.1. The summed E-state index contributed by atoms with van der Waals surface area (Å²) in [6.07, 6.45) is 1.33. The van der Waals surface area contributed by atoms with E-state index in [1.54, 1.807) is 82.4 Å². The normalized spacial score (nSPS) is 14.5. The summed E-state index contributed by atoms with van der Waals surface area (Å²) < 4.78 is 38.7. The molecule has 0 bridgehead atoms. The van der Waals surface area contributed by atoms with Crippen LogP contribution in [0.1, 0.15) is 59.0 Å². The van der Waals surface area contributed by atoms with Gasteiger partial charge in [-0.05, 0) is 63.1 Å². The average Bonchev–Trinajstić information content (AvgIpc) is 3.37. The van der Waals surface area contributed by atoms with Gasteiger partial charge in [0.1, 0.15) is 23.1 Å². The fourth-order valence-electron chi connectivity index (χ4n) is 5.61. The molecule has 0 fully saturated rings. The Morgan fingerprint density at radius 1 is 1.08 bits per heavy atom. The molecule has 2 heterocycles. The van der Waals surface area contributed by atoms with Crippen molar-refractivity contribution in [1.82, 2.24) is 19.9 Å². The molecule has 5 rings (SSSR count). The molecular formula is C35H38FN4O7P. The van der Waals surface area contributed by atoms with Crippen molar-refractivity contribution in [3.05, 3.63) is 101 Å². The van der Waals surface area contributed by atoms with Crippen molar-refractivity contribution in [1.29, 1.82) is 0 Å². The number of aromatic nitrogens is 1. The topological polar surface area (TPSA) is 138 Å². The van der Waals surface area contributed by atoms with Gasteiger partial charge < -0.3 is 24.2 Å². The second-order valence-corrected chi connectivity index (χ2v) is 14.2. The van der Waals surface area contributed by atoms with E-state index in [1.807, 2.05) is 0 Å². The van der Waals surface area contributed by atoms with Crippen LogP contribution in [0.5, 0.6) is 11.5 Å². The molecule has 1 aliphatic rings. The number of carbonyl (C=O) groups excluding carboxylic acids is 3. The van der Waals surface area contributed by atoms with Gasteiger partial charge in [0.2, 0.25) is 0 Å². The first-order valence-corrected chi connectivity index (χ1v) is 17.4. The first-order chi connectivity index (χ1) is 22.9. The van der Waals surface area contributed by atoms with Gasteiger partial charge in [0.15, 0.2) is 5.75 Å². The molecule has 3 aromatic carbocycles. The van der Waals surface area contributed by atoms with Crippen LogP contribution in [0, 0.1) is 5.82 Å². The average molecular weight is 677 g/mol. The number of rotatable bonds is 13. The van der Waals surface area contributed by atoms with E-state index in [9.17, 15) is 28.4 Å². The molecule has 0 spiro atoms. The van der Waals surface area contributed by atoms with Crippen molar-refractivity contribution in [2.75, 3.05) is 19.8 Å². The largest absolute Gasteiger partial charge is 0.505 e. The number of fused-ring (bicyclic) bond motifs is 2. The highest BCUT2D eigenvalue weighted by molar-refractivity contribution is 7.57. The first-order valence-electron chi connectivity index (χ1n) is 15.6. The number of phenols is 1. The van der Waals surface area contributed by atoms with Gasteiger partial charge in [0.25, 0.3) is 11.8 Å². The molecule has 4 aromatic rings. The van der Waals surface area contributed by atoms with E-state index in [4.69, 9.17) is 9.26 Å². The van der Waals surface area contributed by atoms with E-state index < -0.39 is 37.2 Å². The summed E-state index contributed by atoms with van der Waals surface area (Å²) in [6.45, 7) is 5.34. The molecule has 2 N–H and O–H groups in total. The van der Waals surface area contributed by atoms with Crippen LogP contribution in [0.25, 0.3) is 10.9 Å². The number of phenolic OH excluding ortho intramolecular Hbond substituents is 1. The fraction of sp³-hybridized carbons (Fsp3) is 0.314. The summed E-state index contributed by atoms with van der Waals surface area (Å²) in [6, 6.07) is 16.7. The molecule has 0 radical (unpaired) electrons. The highest BCUT2D eigenvalue weighted by Gasteiger charge is 2.37. The van der Waals surface area contributed by atoms with Gasteiger partial charge in [-0.2, -0.15) is 0 Å². The SMILES string of the molecule is CC(C)OC(=O)[C@@H](C)NP(=O)(CCCN(C)C(=O)c1c2c(c(O)c3ncccc13)C(=O)N(Cc1ccc(F)cc1)C2)Oc1ccccc1. The molecule has 2 amide bonds. The van der Waals surface area contributed by atoms with Crippen LogP contribution in [-0.2, 0) is 27.2 Å². The Hall–Kier alpha value is -4.80. The third-order valence-electron chi connectivity index (χ3n) is 7.88. The Labute approximate surface area is 278 Å². The van der Waals surface area contributed by atoms with Crippen LogP contribution in [0.3, 0.4) is 0 Å². The number of carbonyl (C=O) groups is 3. The molecular weight excluding hydrogens is 638 g/mol. The number of para-hydroxylation sites is 1. The lowest BCUT2D eigenvalue weighted by atomic mass is 9.95. The van der Waals surface area contributed by atoms with E-state index >= 15 is 0 Å². The van der Waals surface area contributed by atoms with Crippen LogP contribution in [0.2, 0.25) is 0 Å². The summed E-state index contributed by atoms with van der Waals surface area (Å²) in [7, 11) is -2.08. The zero-order valence-electron chi connectivity index (χ0n) is 27.2. The fourth-order valence-corrected chi connectivity index (χ4v) is 7.60. The molecule has 11 nitrogen and oxygen atoms in total. The van der Waals surface area contributed by atoms with E-state index in [0.29, 0.717) is 22.3 Å². The van der Waals surface area contributed by atoms with Gasteiger partial charge in [-0.15, -0.1) is 0 Å². The van der Waals surface area contributed by atoms with Crippen molar-refractivity contribution >= 4 is 36.2 Å². The maximum absolute atomic E-state index is 14.1. The number of halogens is 1. The van der Waals surface area contributed by atoms with Crippen LogP contribution >= 0.6 is 7.52 Å². The molecule has 2 atom stereocenters. The number of hydrogen-bond acceptors (Lipinski definition) is 8. The van der Waals surface area contributed by atoms with Crippen molar-refractivity contribution in [3.63, 3.8) is 0 Å². The third kappa shape index (κ3) is 7.67. The molecule has 48 heavy (non-hydrogen) atoms. The molecule has 252 valence electrons. The molecule has 13 heteroatoms. The van der Waals surface area contributed by atoms with Crippen molar-refractivity contribution in [2.24, 2.45) is 0 Å². The number of aromatic hydroxyl groups is 1. The predicted molar refractivity (Wildman–Crippen MR) is 178 cm³/mol. The number of nitrogens with one attached hydrogen (secondary N) is 1. The standard InChI is InChI=1S/C35H38FN4O7P/c1-22(2)46-35(44)23(3)38-48(45,47-26-10-6-5-7-11-26)19-9-18-39(4)33(42)29-27-12-8-17-37-31(27)32(41)30-28(29)21-40(34(30)43)20-24-13-15-25(36)16-14-24/h5-8,10-17,22-23,41H,9,18-21H2,1-4H3,(H,38,45)/t23-,48?/m1/s1. The highest BCUT2D eigenvalue weighted by atomic mass is 31.2. The zero-order chi connectivity index (χ0) is 34.6. The smallest absolute Gasteiger partial charge is 0.323 e. The minimum Gasteiger partial charge on any atom is -0.505 e. The van der Waals surface area contributed by atoms with Gasteiger partial charge in [0, 0.05) is 43.8 Å². The maximum atomic E-state index is 14.1. The Balaban J connectivity index is 1.37. The second-order valence-electron chi connectivity index (χ2n) is 12.0.